The molecule has 0 saturated carbocycles. The minimum atomic E-state index is -0.203. The van der Waals surface area contributed by atoms with Gasteiger partial charge >= 0.3 is 0 Å². The van der Waals surface area contributed by atoms with Crippen LogP contribution in [-0.2, 0) is 6.54 Å². The van der Waals surface area contributed by atoms with E-state index < -0.39 is 0 Å². The highest BCUT2D eigenvalue weighted by atomic mass is 127. The summed E-state index contributed by atoms with van der Waals surface area (Å²) in [5.74, 6) is 2.57. The monoisotopic (exact) mass is 560 g/mol. The van der Waals surface area contributed by atoms with Gasteiger partial charge in [-0.1, -0.05) is 0 Å². The van der Waals surface area contributed by atoms with Crippen molar-refractivity contribution in [2.24, 2.45) is 4.99 Å². The number of nitrogens with zero attached hydrogens (tertiary/aromatic N) is 1. The summed E-state index contributed by atoms with van der Waals surface area (Å²) in [5.41, 5.74) is 1.75. The van der Waals surface area contributed by atoms with Crippen LogP contribution in [0.3, 0.4) is 0 Å². The Kier molecular flexibility index (Phi) is 12.4. The summed E-state index contributed by atoms with van der Waals surface area (Å²) in [6.45, 7) is 6.18. The van der Waals surface area contributed by atoms with Crippen LogP contribution in [0.4, 0.5) is 0 Å². The number of halogens is 1. The predicted octanol–water partition coefficient (Wildman–Crippen LogP) is 3.11. The Labute approximate surface area is 206 Å². The van der Waals surface area contributed by atoms with Crippen molar-refractivity contribution in [2.45, 2.75) is 26.8 Å². The fraction of sp³-hybridized carbons (Fsp3) is 0.455. The van der Waals surface area contributed by atoms with Gasteiger partial charge in [-0.2, -0.15) is 0 Å². The number of nitrogens with one attached hydrogen (secondary N) is 3. The Balaban J connectivity index is 0.00000512. The molecular weight excluding hydrogens is 527 g/mol. The molecular formula is C22H33IN4O5. The standard InChI is InChI=1S/C22H32N4O5.HI/c1-6-23-22(25-10-7-9-24-21(27)19-15(2)8-11-31-19)26-14-16-12-17(28-3)20(30-5)18(13-16)29-4;/h8,11-13H,6-7,9-10,14H2,1-5H3,(H,24,27)(H2,23,25,26);1H. The van der Waals surface area contributed by atoms with Crippen LogP contribution in [0.25, 0.3) is 0 Å². The largest absolute Gasteiger partial charge is 0.493 e. The van der Waals surface area contributed by atoms with Crippen LogP contribution >= 0.6 is 24.0 Å². The van der Waals surface area contributed by atoms with E-state index in [9.17, 15) is 4.79 Å². The van der Waals surface area contributed by atoms with Gasteiger partial charge < -0.3 is 34.6 Å². The van der Waals surface area contributed by atoms with E-state index in [2.05, 4.69) is 20.9 Å². The Hall–Kier alpha value is -2.63. The number of aryl methyl sites for hydroxylation is 1. The number of hydrogen-bond donors (Lipinski definition) is 3. The zero-order chi connectivity index (χ0) is 22.6. The molecule has 1 aromatic heterocycles. The van der Waals surface area contributed by atoms with E-state index in [4.69, 9.17) is 18.6 Å². The minimum absolute atomic E-state index is 0. The summed E-state index contributed by atoms with van der Waals surface area (Å²) in [6, 6.07) is 5.52. The summed E-state index contributed by atoms with van der Waals surface area (Å²) in [6.07, 6.45) is 2.25. The molecule has 1 heterocycles. The summed E-state index contributed by atoms with van der Waals surface area (Å²) in [5, 5.41) is 9.33. The molecule has 10 heteroatoms. The smallest absolute Gasteiger partial charge is 0.287 e. The highest BCUT2D eigenvalue weighted by Crippen LogP contribution is 2.38. The number of guanidine groups is 1. The SMILES string of the molecule is CCNC(=NCc1cc(OC)c(OC)c(OC)c1)NCCCNC(=O)c1occc1C.I. The van der Waals surface area contributed by atoms with Gasteiger partial charge in [0.25, 0.3) is 5.91 Å². The van der Waals surface area contributed by atoms with Gasteiger partial charge in [-0.05, 0) is 44.0 Å². The van der Waals surface area contributed by atoms with Gasteiger partial charge in [0, 0.05) is 25.2 Å². The third-order valence-corrected chi connectivity index (χ3v) is 4.49. The van der Waals surface area contributed by atoms with Crippen molar-refractivity contribution >= 4 is 35.8 Å². The van der Waals surface area contributed by atoms with Gasteiger partial charge in [0.05, 0.1) is 34.1 Å². The molecule has 0 aliphatic carbocycles. The van der Waals surface area contributed by atoms with E-state index in [0.29, 0.717) is 48.6 Å². The van der Waals surface area contributed by atoms with Gasteiger partial charge in [-0.25, -0.2) is 4.99 Å². The summed E-state index contributed by atoms with van der Waals surface area (Å²) in [7, 11) is 4.74. The normalized spacial score (nSPS) is 10.7. The fourth-order valence-electron chi connectivity index (χ4n) is 2.92. The molecule has 2 rings (SSSR count). The number of rotatable bonds is 11. The first kappa shape index (κ1) is 27.4. The number of hydrogen-bond acceptors (Lipinski definition) is 6. The Bertz CT molecular complexity index is 860. The summed E-state index contributed by atoms with van der Waals surface area (Å²) in [4.78, 5) is 16.7. The lowest BCUT2D eigenvalue weighted by atomic mass is 10.2. The summed E-state index contributed by atoms with van der Waals surface area (Å²) >= 11 is 0. The molecule has 0 radical (unpaired) electrons. The molecule has 0 bridgehead atoms. The highest BCUT2D eigenvalue weighted by molar-refractivity contribution is 14.0. The van der Waals surface area contributed by atoms with Crippen LogP contribution in [0.5, 0.6) is 17.2 Å². The van der Waals surface area contributed by atoms with Crippen molar-refractivity contribution in [2.75, 3.05) is 41.0 Å². The van der Waals surface area contributed by atoms with E-state index in [1.54, 1.807) is 27.4 Å². The van der Waals surface area contributed by atoms with Crippen molar-refractivity contribution < 1.29 is 23.4 Å². The first-order valence-corrected chi connectivity index (χ1v) is 10.2. The van der Waals surface area contributed by atoms with Crippen molar-refractivity contribution in [3.8, 4) is 17.2 Å². The molecule has 1 amide bonds. The lowest BCUT2D eigenvalue weighted by Crippen LogP contribution is -2.38. The van der Waals surface area contributed by atoms with Crippen LogP contribution in [-0.4, -0.2) is 52.8 Å². The number of aliphatic imine (C=N–C) groups is 1. The van der Waals surface area contributed by atoms with E-state index in [-0.39, 0.29) is 29.9 Å². The molecule has 3 N–H and O–H groups in total. The van der Waals surface area contributed by atoms with Crippen molar-refractivity contribution in [1.29, 1.82) is 0 Å². The van der Waals surface area contributed by atoms with Crippen LogP contribution in [0.2, 0.25) is 0 Å². The van der Waals surface area contributed by atoms with Crippen LogP contribution < -0.4 is 30.2 Å². The molecule has 2 aromatic rings. The molecule has 0 aliphatic rings. The minimum Gasteiger partial charge on any atom is -0.493 e. The molecule has 0 unspecified atom stereocenters. The average molecular weight is 560 g/mol. The Morgan fingerprint density at radius 3 is 2.22 bits per heavy atom. The zero-order valence-electron chi connectivity index (χ0n) is 19.2. The van der Waals surface area contributed by atoms with Crippen molar-refractivity contribution in [3.05, 3.63) is 41.3 Å². The van der Waals surface area contributed by atoms with Gasteiger partial charge in [0.2, 0.25) is 5.75 Å². The van der Waals surface area contributed by atoms with Gasteiger partial charge in [-0.3, -0.25) is 4.79 Å². The Morgan fingerprint density at radius 1 is 1.03 bits per heavy atom. The Morgan fingerprint density at radius 2 is 1.69 bits per heavy atom. The number of ether oxygens (including phenoxy) is 3. The average Bonchev–Trinajstić information content (AvgIpc) is 3.21. The second-order valence-corrected chi connectivity index (χ2v) is 6.70. The second-order valence-electron chi connectivity index (χ2n) is 6.70. The lowest BCUT2D eigenvalue weighted by molar-refractivity contribution is 0.0925. The maximum Gasteiger partial charge on any atom is 0.287 e. The molecule has 0 aliphatic heterocycles. The molecule has 0 saturated heterocycles. The molecule has 9 nitrogen and oxygen atoms in total. The molecule has 32 heavy (non-hydrogen) atoms. The lowest BCUT2D eigenvalue weighted by Gasteiger charge is -2.14. The van der Waals surface area contributed by atoms with E-state index in [0.717, 1.165) is 24.1 Å². The quantitative estimate of drug-likeness (QED) is 0.168. The number of carbonyl (C=O) groups is 1. The maximum atomic E-state index is 12.0. The third kappa shape index (κ3) is 7.81. The highest BCUT2D eigenvalue weighted by Gasteiger charge is 2.13. The molecule has 0 spiro atoms. The van der Waals surface area contributed by atoms with E-state index in [1.165, 1.54) is 6.26 Å². The van der Waals surface area contributed by atoms with E-state index in [1.807, 2.05) is 26.0 Å². The number of carbonyl (C=O) groups excluding carboxylic acids is 1. The number of methoxy groups -OCH3 is 3. The van der Waals surface area contributed by atoms with Gasteiger partial charge in [-0.15, -0.1) is 24.0 Å². The molecule has 1 aromatic carbocycles. The second kappa shape index (κ2) is 14.4. The number of amides is 1. The zero-order valence-corrected chi connectivity index (χ0v) is 21.6. The van der Waals surface area contributed by atoms with Crippen LogP contribution in [0, 0.1) is 6.92 Å². The third-order valence-electron chi connectivity index (χ3n) is 4.49. The van der Waals surface area contributed by atoms with E-state index >= 15 is 0 Å². The van der Waals surface area contributed by atoms with Gasteiger partial charge in [0.1, 0.15) is 0 Å². The van der Waals surface area contributed by atoms with Gasteiger partial charge in [0.15, 0.2) is 23.2 Å². The fourth-order valence-corrected chi connectivity index (χ4v) is 2.92. The molecule has 0 atom stereocenters. The molecule has 0 fully saturated rings. The van der Waals surface area contributed by atoms with Crippen LogP contribution in [0.15, 0.2) is 33.9 Å². The molecule has 178 valence electrons. The first-order valence-electron chi connectivity index (χ1n) is 10.2. The topological polar surface area (TPSA) is 106 Å². The number of furan rings is 1. The van der Waals surface area contributed by atoms with Crippen LogP contribution in [0.1, 0.15) is 35.0 Å². The summed E-state index contributed by atoms with van der Waals surface area (Å²) < 4.78 is 21.3. The number of benzene rings is 1. The predicted molar refractivity (Wildman–Crippen MR) is 135 cm³/mol. The van der Waals surface area contributed by atoms with Crippen molar-refractivity contribution in [1.82, 2.24) is 16.0 Å². The maximum absolute atomic E-state index is 12.0. The van der Waals surface area contributed by atoms with Crippen molar-refractivity contribution in [3.63, 3.8) is 0 Å². The first-order chi connectivity index (χ1) is 15.0.